The predicted octanol–water partition coefficient (Wildman–Crippen LogP) is -0.0716. The second-order valence-electron chi connectivity index (χ2n) is 7.49. The summed E-state index contributed by atoms with van der Waals surface area (Å²) in [5, 5.41) is 8.92. The molecule has 0 atom stereocenters. The standard InChI is InChI=1S/C17H31N7O2/c1-21(2)17(25)23-6-4-22(5-7-23)12-15-19-20-16(13-10-14(18)11-13)24(15)8-9-26-3/h13-14H,4-12,18H2,1-3H3. The van der Waals surface area contributed by atoms with E-state index in [4.69, 9.17) is 10.5 Å². The molecule has 2 N–H and O–H groups in total. The van der Waals surface area contributed by atoms with E-state index in [0.717, 1.165) is 63.8 Å². The quantitative estimate of drug-likeness (QED) is 0.759. The molecule has 1 aromatic heterocycles. The van der Waals surface area contributed by atoms with Crippen LogP contribution in [0.2, 0.25) is 0 Å². The van der Waals surface area contributed by atoms with Crippen LogP contribution in [-0.2, 0) is 17.8 Å². The van der Waals surface area contributed by atoms with Crippen molar-refractivity contribution in [2.24, 2.45) is 5.73 Å². The molecule has 2 aliphatic rings. The van der Waals surface area contributed by atoms with Gasteiger partial charge < -0.3 is 24.8 Å². The molecule has 0 aromatic carbocycles. The van der Waals surface area contributed by atoms with Crippen molar-refractivity contribution in [3.05, 3.63) is 11.6 Å². The lowest BCUT2D eigenvalue weighted by Gasteiger charge is -2.36. The smallest absolute Gasteiger partial charge is 0.319 e. The Morgan fingerprint density at radius 2 is 1.92 bits per heavy atom. The van der Waals surface area contributed by atoms with Crippen molar-refractivity contribution >= 4 is 6.03 Å². The van der Waals surface area contributed by atoms with Gasteiger partial charge in [-0.05, 0) is 12.8 Å². The van der Waals surface area contributed by atoms with E-state index >= 15 is 0 Å². The van der Waals surface area contributed by atoms with E-state index in [-0.39, 0.29) is 6.03 Å². The lowest BCUT2D eigenvalue weighted by Crippen LogP contribution is -2.51. The number of hydrogen-bond acceptors (Lipinski definition) is 6. The molecular formula is C17H31N7O2. The summed E-state index contributed by atoms with van der Waals surface area (Å²) in [6, 6.07) is 0.370. The summed E-state index contributed by atoms with van der Waals surface area (Å²) < 4.78 is 7.47. The molecule has 0 bridgehead atoms. The Bertz CT molecular complexity index is 604. The highest BCUT2D eigenvalue weighted by atomic mass is 16.5. The summed E-state index contributed by atoms with van der Waals surface area (Å²) >= 11 is 0. The van der Waals surface area contributed by atoms with E-state index in [0.29, 0.717) is 18.6 Å². The molecule has 146 valence electrons. The highest BCUT2D eigenvalue weighted by Gasteiger charge is 2.32. The molecule has 0 unspecified atom stereocenters. The largest absolute Gasteiger partial charge is 0.383 e. The first-order valence-electron chi connectivity index (χ1n) is 9.34. The molecule has 2 amide bonds. The van der Waals surface area contributed by atoms with Gasteiger partial charge in [-0.25, -0.2) is 4.79 Å². The number of aromatic nitrogens is 3. The Balaban J connectivity index is 1.62. The zero-order chi connectivity index (χ0) is 18.7. The SMILES string of the molecule is COCCn1c(CN2CCN(C(=O)N(C)C)CC2)nnc1C1CC(N)C1. The Kier molecular flexibility index (Phi) is 6.10. The molecule has 9 nitrogen and oxygen atoms in total. The number of amides is 2. The maximum absolute atomic E-state index is 12.1. The maximum atomic E-state index is 12.1. The zero-order valence-electron chi connectivity index (χ0n) is 16.1. The van der Waals surface area contributed by atoms with Crippen LogP contribution in [-0.4, -0.2) is 95.5 Å². The summed E-state index contributed by atoms with van der Waals surface area (Å²) in [6.45, 7) is 5.34. The Morgan fingerprint density at radius 3 is 2.50 bits per heavy atom. The second kappa shape index (κ2) is 8.32. The van der Waals surface area contributed by atoms with E-state index in [1.54, 1.807) is 26.1 Å². The van der Waals surface area contributed by atoms with Crippen LogP contribution in [0.1, 0.15) is 30.4 Å². The highest BCUT2D eigenvalue weighted by Crippen LogP contribution is 2.34. The Hall–Kier alpha value is -1.71. The zero-order valence-corrected chi connectivity index (χ0v) is 16.1. The molecule has 26 heavy (non-hydrogen) atoms. The van der Waals surface area contributed by atoms with Crippen LogP contribution >= 0.6 is 0 Å². The number of nitrogens with two attached hydrogens (primary N) is 1. The van der Waals surface area contributed by atoms with Gasteiger partial charge in [0.05, 0.1) is 13.2 Å². The molecule has 0 spiro atoms. The lowest BCUT2D eigenvalue weighted by atomic mass is 9.80. The average molecular weight is 365 g/mol. The number of piperazine rings is 1. The van der Waals surface area contributed by atoms with Crippen LogP contribution in [0.4, 0.5) is 4.79 Å². The summed E-state index contributed by atoms with van der Waals surface area (Å²) in [5.74, 6) is 2.43. The number of carbonyl (C=O) groups is 1. The van der Waals surface area contributed by atoms with Crippen molar-refractivity contribution in [3.8, 4) is 0 Å². The first kappa shape index (κ1) is 19.1. The van der Waals surface area contributed by atoms with Crippen molar-refractivity contribution in [1.29, 1.82) is 0 Å². The van der Waals surface area contributed by atoms with Crippen molar-refractivity contribution in [3.63, 3.8) is 0 Å². The summed E-state index contributed by atoms with van der Waals surface area (Å²) in [5.41, 5.74) is 5.95. The third kappa shape index (κ3) is 4.16. The molecule has 1 saturated carbocycles. The van der Waals surface area contributed by atoms with Crippen LogP contribution in [0.25, 0.3) is 0 Å². The van der Waals surface area contributed by atoms with E-state index in [2.05, 4.69) is 19.7 Å². The first-order chi connectivity index (χ1) is 12.5. The molecule has 9 heteroatoms. The van der Waals surface area contributed by atoms with Gasteiger partial charge >= 0.3 is 6.03 Å². The van der Waals surface area contributed by atoms with Gasteiger partial charge in [-0.2, -0.15) is 0 Å². The molecule has 0 radical (unpaired) electrons. The first-order valence-corrected chi connectivity index (χ1v) is 9.34. The molecule has 2 heterocycles. The van der Waals surface area contributed by atoms with Crippen molar-refractivity contribution in [2.45, 2.75) is 37.9 Å². The van der Waals surface area contributed by atoms with E-state index in [1.165, 1.54) is 0 Å². The van der Waals surface area contributed by atoms with Crippen LogP contribution in [0.15, 0.2) is 0 Å². The molecule has 1 saturated heterocycles. The second-order valence-corrected chi connectivity index (χ2v) is 7.49. The number of carbonyl (C=O) groups excluding carboxylic acids is 1. The molecule has 1 aliphatic carbocycles. The van der Waals surface area contributed by atoms with Gasteiger partial charge in [-0.3, -0.25) is 4.90 Å². The van der Waals surface area contributed by atoms with Gasteiger partial charge in [-0.1, -0.05) is 0 Å². The van der Waals surface area contributed by atoms with Crippen LogP contribution in [0.3, 0.4) is 0 Å². The summed E-state index contributed by atoms with van der Waals surface area (Å²) in [7, 11) is 5.30. The van der Waals surface area contributed by atoms with Crippen molar-refractivity contribution in [2.75, 3.05) is 54.0 Å². The predicted molar refractivity (Wildman–Crippen MR) is 97.8 cm³/mol. The monoisotopic (exact) mass is 365 g/mol. The number of hydrogen-bond donors (Lipinski definition) is 1. The van der Waals surface area contributed by atoms with E-state index in [9.17, 15) is 4.79 Å². The normalized spacial score (nSPS) is 23.8. The fourth-order valence-electron chi connectivity index (χ4n) is 3.65. The topological polar surface area (TPSA) is 92.8 Å². The van der Waals surface area contributed by atoms with Gasteiger partial charge in [0.15, 0.2) is 0 Å². The Labute approximate surface area is 155 Å². The molecule has 1 aliphatic heterocycles. The number of nitrogens with zero attached hydrogens (tertiary/aromatic N) is 6. The number of urea groups is 1. The van der Waals surface area contributed by atoms with E-state index in [1.807, 2.05) is 4.90 Å². The third-order valence-electron chi connectivity index (χ3n) is 5.31. The third-order valence-corrected chi connectivity index (χ3v) is 5.31. The molecule has 3 rings (SSSR count). The summed E-state index contributed by atoms with van der Waals surface area (Å²) in [4.78, 5) is 17.9. The fourth-order valence-corrected chi connectivity index (χ4v) is 3.65. The van der Waals surface area contributed by atoms with Gasteiger partial charge in [0, 0.05) is 65.9 Å². The Morgan fingerprint density at radius 1 is 1.23 bits per heavy atom. The number of methoxy groups -OCH3 is 1. The highest BCUT2D eigenvalue weighted by molar-refractivity contribution is 5.73. The minimum absolute atomic E-state index is 0.0801. The summed E-state index contributed by atoms with van der Waals surface area (Å²) in [6.07, 6.45) is 1.97. The van der Waals surface area contributed by atoms with Crippen LogP contribution in [0.5, 0.6) is 0 Å². The van der Waals surface area contributed by atoms with E-state index < -0.39 is 0 Å². The molecule has 2 fully saturated rings. The number of rotatable bonds is 6. The van der Waals surface area contributed by atoms with Crippen LogP contribution < -0.4 is 5.73 Å². The van der Waals surface area contributed by atoms with Crippen molar-refractivity contribution in [1.82, 2.24) is 29.5 Å². The van der Waals surface area contributed by atoms with Gasteiger partial charge in [0.1, 0.15) is 11.6 Å². The average Bonchev–Trinajstić information content (AvgIpc) is 2.99. The maximum Gasteiger partial charge on any atom is 0.319 e. The minimum Gasteiger partial charge on any atom is -0.383 e. The van der Waals surface area contributed by atoms with Gasteiger partial charge in [0.25, 0.3) is 0 Å². The van der Waals surface area contributed by atoms with Gasteiger partial charge in [-0.15, -0.1) is 10.2 Å². The minimum atomic E-state index is 0.0801. The van der Waals surface area contributed by atoms with Crippen LogP contribution in [0, 0.1) is 0 Å². The number of ether oxygens (including phenoxy) is 1. The van der Waals surface area contributed by atoms with Crippen molar-refractivity contribution < 1.29 is 9.53 Å². The molecular weight excluding hydrogens is 334 g/mol. The lowest BCUT2D eigenvalue weighted by molar-refractivity contribution is 0.117. The fraction of sp³-hybridized carbons (Fsp3) is 0.824. The molecule has 1 aromatic rings. The van der Waals surface area contributed by atoms with Gasteiger partial charge in [0.2, 0.25) is 0 Å².